The molecule has 3 aromatic rings. The van der Waals surface area contributed by atoms with E-state index in [0.29, 0.717) is 16.1 Å². The maximum atomic E-state index is 13.4. The van der Waals surface area contributed by atoms with Gasteiger partial charge in [-0.3, -0.25) is 0 Å². The Morgan fingerprint density at radius 1 is 1.00 bits per heavy atom. The normalized spacial score (nSPS) is 11.7. The molecule has 0 N–H and O–H groups in total. The first-order valence-electron chi connectivity index (χ1n) is 6.52. The molecule has 1 aromatic heterocycles. The summed E-state index contributed by atoms with van der Waals surface area (Å²) in [4.78, 5) is 3.83. The number of rotatable bonds is 2. The molecule has 0 saturated carbocycles. The van der Waals surface area contributed by atoms with Gasteiger partial charge in [-0.05, 0) is 18.2 Å². The van der Waals surface area contributed by atoms with Crippen LogP contribution in [0.5, 0.6) is 0 Å². The quantitative estimate of drug-likeness (QED) is 0.561. The molecule has 0 amide bonds. The Morgan fingerprint density at radius 2 is 1.78 bits per heavy atom. The second-order valence-electron chi connectivity index (χ2n) is 4.79. The van der Waals surface area contributed by atoms with Crippen molar-refractivity contribution in [2.24, 2.45) is 0 Å². The van der Waals surface area contributed by atoms with E-state index in [1.54, 1.807) is 18.2 Å². The summed E-state index contributed by atoms with van der Waals surface area (Å²) in [5.41, 5.74) is 0.0195. The van der Waals surface area contributed by atoms with Gasteiger partial charge in [-0.25, -0.2) is 4.98 Å². The van der Waals surface area contributed by atoms with Crippen molar-refractivity contribution in [2.45, 2.75) is 6.18 Å². The molecule has 0 unspecified atom stereocenters. The minimum atomic E-state index is -4.51. The minimum absolute atomic E-state index is 0.0262. The molecule has 3 rings (SSSR count). The van der Waals surface area contributed by atoms with Crippen LogP contribution in [0.25, 0.3) is 16.8 Å². The van der Waals surface area contributed by atoms with Crippen LogP contribution in [0.15, 0.2) is 55.1 Å². The summed E-state index contributed by atoms with van der Waals surface area (Å²) in [7, 11) is 0. The highest BCUT2D eigenvalue weighted by Crippen LogP contribution is 2.41. The van der Waals surface area contributed by atoms with Crippen molar-refractivity contribution in [3.8, 4) is 16.8 Å². The molecule has 0 spiro atoms. The number of imidazole rings is 1. The van der Waals surface area contributed by atoms with Crippen LogP contribution in [0, 0.1) is 0 Å². The first-order chi connectivity index (χ1) is 10.9. The van der Waals surface area contributed by atoms with E-state index in [1.807, 2.05) is 0 Å². The Hall–Kier alpha value is -1.98. The van der Waals surface area contributed by atoms with Crippen molar-refractivity contribution in [3.63, 3.8) is 0 Å². The fourth-order valence-corrected chi connectivity index (χ4v) is 2.88. The summed E-state index contributed by atoms with van der Waals surface area (Å²) in [6.07, 6.45) is -0.315. The van der Waals surface area contributed by atoms with Gasteiger partial charge in [0.25, 0.3) is 0 Å². The van der Waals surface area contributed by atoms with E-state index in [1.165, 1.54) is 35.4 Å². The predicted molar refractivity (Wildman–Crippen MR) is 84.0 cm³/mol. The summed E-state index contributed by atoms with van der Waals surface area (Å²) in [5.74, 6) is 0. The number of alkyl halides is 3. The molecule has 23 heavy (non-hydrogen) atoms. The van der Waals surface area contributed by atoms with Gasteiger partial charge < -0.3 is 4.57 Å². The van der Waals surface area contributed by atoms with Crippen molar-refractivity contribution in [1.29, 1.82) is 0 Å². The maximum Gasteiger partial charge on any atom is 0.418 e. The SMILES string of the molecule is FC(F)(F)c1cccc(-c2ccc(Cl)cc2Cl)c1-n1ccnc1. The van der Waals surface area contributed by atoms with Gasteiger partial charge in [0.05, 0.1) is 17.6 Å². The van der Waals surface area contributed by atoms with Crippen molar-refractivity contribution < 1.29 is 13.2 Å². The third-order valence-electron chi connectivity index (χ3n) is 3.33. The molecular weight excluding hydrogens is 348 g/mol. The number of benzene rings is 2. The van der Waals surface area contributed by atoms with Gasteiger partial charge >= 0.3 is 6.18 Å². The van der Waals surface area contributed by atoms with E-state index in [4.69, 9.17) is 23.2 Å². The molecule has 0 aliphatic heterocycles. The van der Waals surface area contributed by atoms with E-state index < -0.39 is 11.7 Å². The Kier molecular flexibility index (Phi) is 4.08. The number of aromatic nitrogens is 2. The number of hydrogen-bond donors (Lipinski definition) is 0. The van der Waals surface area contributed by atoms with Gasteiger partial charge in [0.15, 0.2) is 0 Å². The summed E-state index contributed by atoms with van der Waals surface area (Å²) < 4.78 is 41.6. The molecule has 0 fully saturated rings. The molecule has 2 aromatic carbocycles. The van der Waals surface area contributed by atoms with Crippen molar-refractivity contribution in [1.82, 2.24) is 9.55 Å². The smallest absolute Gasteiger partial charge is 0.305 e. The average Bonchev–Trinajstić information content (AvgIpc) is 2.99. The Labute approximate surface area is 140 Å². The lowest BCUT2D eigenvalue weighted by atomic mass is 9.99. The highest BCUT2D eigenvalue weighted by molar-refractivity contribution is 6.36. The van der Waals surface area contributed by atoms with Crippen LogP contribution < -0.4 is 0 Å². The van der Waals surface area contributed by atoms with Crippen LogP contribution in [0.4, 0.5) is 13.2 Å². The third-order valence-corrected chi connectivity index (χ3v) is 3.87. The second-order valence-corrected chi connectivity index (χ2v) is 5.64. The van der Waals surface area contributed by atoms with Gasteiger partial charge in [0.2, 0.25) is 0 Å². The van der Waals surface area contributed by atoms with E-state index in [9.17, 15) is 13.2 Å². The first kappa shape index (κ1) is 15.9. The van der Waals surface area contributed by atoms with Gasteiger partial charge in [0, 0.05) is 33.6 Å². The second kappa shape index (κ2) is 5.91. The molecule has 0 aliphatic carbocycles. The van der Waals surface area contributed by atoms with Gasteiger partial charge in [-0.15, -0.1) is 0 Å². The zero-order chi connectivity index (χ0) is 16.6. The molecule has 0 bridgehead atoms. The van der Waals surface area contributed by atoms with Crippen LogP contribution in [0.1, 0.15) is 5.56 Å². The zero-order valence-corrected chi connectivity index (χ0v) is 13.0. The highest BCUT2D eigenvalue weighted by atomic mass is 35.5. The lowest BCUT2D eigenvalue weighted by Crippen LogP contribution is -2.11. The molecule has 118 valence electrons. The fraction of sp³-hybridized carbons (Fsp3) is 0.0625. The molecule has 2 nitrogen and oxygen atoms in total. The monoisotopic (exact) mass is 356 g/mol. The lowest BCUT2D eigenvalue weighted by Gasteiger charge is -2.18. The number of nitrogens with zero attached hydrogens (tertiary/aromatic N) is 2. The van der Waals surface area contributed by atoms with E-state index in [2.05, 4.69) is 4.98 Å². The van der Waals surface area contributed by atoms with Crippen LogP contribution in [-0.2, 0) is 6.18 Å². The van der Waals surface area contributed by atoms with E-state index in [0.717, 1.165) is 6.07 Å². The third kappa shape index (κ3) is 3.07. The summed E-state index contributed by atoms with van der Waals surface area (Å²) in [6.45, 7) is 0. The number of halogens is 5. The standard InChI is InChI=1S/C16H9Cl2F3N2/c17-10-4-5-11(14(18)8-10)12-2-1-3-13(16(19,20)21)15(12)23-7-6-22-9-23/h1-9H. The first-order valence-corrected chi connectivity index (χ1v) is 7.27. The molecular formula is C16H9Cl2F3N2. The largest absolute Gasteiger partial charge is 0.418 e. The summed E-state index contributed by atoms with van der Waals surface area (Å²) in [6, 6.07) is 8.64. The van der Waals surface area contributed by atoms with E-state index in [-0.39, 0.29) is 10.7 Å². The summed E-state index contributed by atoms with van der Waals surface area (Å²) in [5, 5.41) is 0.688. The number of para-hydroxylation sites is 1. The Morgan fingerprint density at radius 3 is 2.39 bits per heavy atom. The molecule has 0 aliphatic rings. The van der Waals surface area contributed by atoms with Gasteiger partial charge in [0.1, 0.15) is 0 Å². The van der Waals surface area contributed by atoms with Crippen molar-refractivity contribution >= 4 is 23.2 Å². The van der Waals surface area contributed by atoms with Crippen LogP contribution in [0.3, 0.4) is 0 Å². The average molecular weight is 357 g/mol. The van der Waals surface area contributed by atoms with Gasteiger partial charge in [-0.2, -0.15) is 13.2 Å². The molecule has 7 heteroatoms. The highest BCUT2D eigenvalue weighted by Gasteiger charge is 2.35. The maximum absolute atomic E-state index is 13.4. The van der Waals surface area contributed by atoms with Crippen molar-refractivity contribution in [3.05, 3.63) is 70.7 Å². The molecule has 0 atom stereocenters. The Bertz CT molecular complexity index is 843. The Balaban J connectivity index is 2.33. The molecule has 1 heterocycles. The van der Waals surface area contributed by atoms with Crippen LogP contribution in [-0.4, -0.2) is 9.55 Å². The van der Waals surface area contributed by atoms with Crippen LogP contribution >= 0.6 is 23.2 Å². The molecule has 0 radical (unpaired) electrons. The predicted octanol–water partition coefficient (Wildman–Crippen LogP) is 5.86. The van der Waals surface area contributed by atoms with Gasteiger partial charge in [-0.1, -0.05) is 41.4 Å². The topological polar surface area (TPSA) is 17.8 Å². The fourth-order valence-electron chi connectivity index (χ4n) is 2.37. The number of hydrogen-bond acceptors (Lipinski definition) is 1. The molecule has 0 saturated heterocycles. The lowest BCUT2D eigenvalue weighted by molar-refractivity contribution is -0.137. The minimum Gasteiger partial charge on any atom is -0.305 e. The van der Waals surface area contributed by atoms with E-state index >= 15 is 0 Å². The van der Waals surface area contributed by atoms with Crippen LogP contribution in [0.2, 0.25) is 10.0 Å². The summed E-state index contributed by atoms with van der Waals surface area (Å²) >= 11 is 12.0. The van der Waals surface area contributed by atoms with Crippen molar-refractivity contribution in [2.75, 3.05) is 0 Å². The zero-order valence-electron chi connectivity index (χ0n) is 11.5.